The van der Waals surface area contributed by atoms with Gasteiger partial charge in [0.25, 0.3) is 0 Å². The summed E-state index contributed by atoms with van der Waals surface area (Å²) in [6.07, 6.45) is 3.42. The minimum Gasteiger partial charge on any atom is -1.00 e. The maximum absolute atomic E-state index is 12.6. The third-order valence-electron chi connectivity index (χ3n) is 2.05. The second-order valence-corrected chi connectivity index (χ2v) is 3.23. The molecule has 0 unspecified atom stereocenters. The third kappa shape index (κ3) is 3.53. The molecule has 1 N–H and O–H groups in total. The van der Waals surface area contributed by atoms with Gasteiger partial charge in [0.1, 0.15) is 5.82 Å². The molecule has 1 aromatic carbocycles. The number of nitrogens with one attached hydrogen (secondary N) is 1. The van der Waals surface area contributed by atoms with Crippen molar-refractivity contribution in [2.45, 2.75) is 0 Å². The summed E-state index contributed by atoms with van der Waals surface area (Å²) >= 11 is 0. The first-order valence-electron chi connectivity index (χ1n) is 4.79. The van der Waals surface area contributed by atoms with Crippen LogP contribution in [0.15, 0.2) is 54.9 Å². The predicted octanol–water partition coefficient (Wildman–Crippen LogP) is -1.50. The molecule has 0 aliphatic heterocycles. The summed E-state index contributed by atoms with van der Waals surface area (Å²) in [5.74, 6) is -0.639. The van der Waals surface area contributed by atoms with Gasteiger partial charge in [0, 0.05) is 17.7 Å². The van der Waals surface area contributed by atoms with Crippen LogP contribution in [0.3, 0.4) is 0 Å². The van der Waals surface area contributed by atoms with E-state index in [0.29, 0.717) is 5.56 Å². The molecule has 1 heterocycles. The monoisotopic (exact) mass is 252 g/mol. The van der Waals surface area contributed by atoms with Crippen LogP contribution in [0.1, 0.15) is 10.4 Å². The van der Waals surface area contributed by atoms with E-state index in [1.54, 1.807) is 24.5 Å². The molecule has 0 saturated carbocycles. The maximum atomic E-state index is 12.6. The lowest BCUT2D eigenvalue weighted by Crippen LogP contribution is -3.00. The molecule has 0 saturated heterocycles. The quantitative estimate of drug-likeness (QED) is 0.649. The lowest BCUT2D eigenvalue weighted by molar-refractivity contribution is -0.641. The Morgan fingerprint density at radius 3 is 2.24 bits per heavy atom. The van der Waals surface area contributed by atoms with Crippen LogP contribution >= 0.6 is 0 Å². The van der Waals surface area contributed by atoms with Crippen molar-refractivity contribution in [2.75, 3.05) is 5.43 Å². The van der Waals surface area contributed by atoms with Crippen molar-refractivity contribution < 1.29 is 26.3 Å². The molecule has 17 heavy (non-hydrogen) atoms. The van der Waals surface area contributed by atoms with E-state index in [0.717, 1.165) is 0 Å². The molecule has 2 aromatic rings. The fraction of sp³-hybridized carbons (Fsp3) is 0. The minimum absolute atomic E-state index is 0. The van der Waals surface area contributed by atoms with Crippen LogP contribution in [0.5, 0.6) is 0 Å². The fourth-order valence-corrected chi connectivity index (χ4v) is 1.26. The number of nitrogens with zero attached hydrogens (tertiary/aromatic N) is 1. The number of benzene rings is 1. The average Bonchev–Trinajstić information content (AvgIpc) is 2.31. The Morgan fingerprint density at radius 2 is 1.65 bits per heavy atom. The first kappa shape index (κ1) is 13.1. The second kappa shape index (κ2) is 5.96. The second-order valence-electron chi connectivity index (χ2n) is 3.23. The van der Waals surface area contributed by atoms with Gasteiger partial charge in [-0.25, -0.2) is 4.39 Å². The molecule has 5 heteroatoms. The van der Waals surface area contributed by atoms with E-state index in [-0.39, 0.29) is 24.1 Å². The van der Waals surface area contributed by atoms with Crippen LogP contribution in [0, 0.1) is 5.82 Å². The number of rotatable bonds is 2. The van der Waals surface area contributed by atoms with Crippen molar-refractivity contribution in [1.82, 2.24) is 0 Å². The molecule has 1 amide bonds. The zero-order valence-electron chi connectivity index (χ0n) is 8.81. The van der Waals surface area contributed by atoms with Crippen molar-refractivity contribution in [2.24, 2.45) is 0 Å². The topological polar surface area (TPSA) is 33.0 Å². The van der Waals surface area contributed by atoms with E-state index >= 15 is 0 Å². The molecule has 0 radical (unpaired) electrons. The highest BCUT2D eigenvalue weighted by Crippen LogP contribution is 2.02. The first-order valence-corrected chi connectivity index (χ1v) is 4.79. The van der Waals surface area contributed by atoms with Crippen LogP contribution in [-0.4, -0.2) is 5.91 Å². The minimum atomic E-state index is -0.357. The molecule has 0 aliphatic rings. The van der Waals surface area contributed by atoms with Gasteiger partial charge in [-0.05, 0) is 24.3 Å². The van der Waals surface area contributed by atoms with Crippen LogP contribution in [-0.2, 0) is 0 Å². The lowest BCUT2D eigenvalue weighted by Gasteiger charge is -1.99. The van der Waals surface area contributed by atoms with Crippen molar-refractivity contribution in [1.29, 1.82) is 0 Å². The van der Waals surface area contributed by atoms with Crippen molar-refractivity contribution in [3.63, 3.8) is 0 Å². The molecule has 0 spiro atoms. The van der Waals surface area contributed by atoms with E-state index in [4.69, 9.17) is 0 Å². The molecule has 3 nitrogen and oxygen atoms in total. The largest absolute Gasteiger partial charge is 1.00 e. The maximum Gasteiger partial charge on any atom is 0.305 e. The van der Waals surface area contributed by atoms with Gasteiger partial charge in [-0.1, -0.05) is 10.7 Å². The van der Waals surface area contributed by atoms with Crippen molar-refractivity contribution in [3.05, 3.63) is 66.2 Å². The number of halogens is 2. The Hall–Kier alpha value is -1.94. The van der Waals surface area contributed by atoms with Crippen LogP contribution < -0.4 is 22.5 Å². The van der Waals surface area contributed by atoms with Gasteiger partial charge in [-0.3, -0.25) is 4.79 Å². The summed E-state index contributed by atoms with van der Waals surface area (Å²) in [4.78, 5) is 11.7. The summed E-state index contributed by atoms with van der Waals surface area (Å²) in [6, 6.07) is 10.8. The molecule has 2 rings (SSSR count). The number of carbonyl (C=O) groups is 1. The van der Waals surface area contributed by atoms with Gasteiger partial charge in [-0.2, -0.15) is 0 Å². The SMILES string of the molecule is O=C(N[n+]1ccccc1)c1ccc(F)cc1.[Cl-]. The van der Waals surface area contributed by atoms with Gasteiger partial charge < -0.3 is 12.4 Å². The number of pyridine rings is 1. The van der Waals surface area contributed by atoms with Gasteiger partial charge in [0.2, 0.25) is 0 Å². The third-order valence-corrected chi connectivity index (χ3v) is 2.05. The highest BCUT2D eigenvalue weighted by molar-refractivity contribution is 5.98. The van der Waals surface area contributed by atoms with Crippen LogP contribution in [0.4, 0.5) is 4.39 Å². The molecule has 0 bridgehead atoms. The van der Waals surface area contributed by atoms with E-state index in [9.17, 15) is 9.18 Å². The summed E-state index contributed by atoms with van der Waals surface area (Å²) in [5, 5.41) is 0. The first-order chi connectivity index (χ1) is 7.75. The molecule has 88 valence electrons. The highest BCUT2D eigenvalue weighted by Gasteiger charge is 2.09. The summed E-state index contributed by atoms with van der Waals surface area (Å²) in [7, 11) is 0. The molecule has 0 aliphatic carbocycles. The van der Waals surface area contributed by atoms with E-state index < -0.39 is 0 Å². The molecular formula is C12H10ClFN2O. The Bertz CT molecular complexity index is 488. The predicted molar refractivity (Wildman–Crippen MR) is 56.7 cm³/mol. The number of carbonyl (C=O) groups excluding carboxylic acids is 1. The standard InChI is InChI=1S/C12H9FN2O.ClH/c13-11-6-4-10(5-7-11)12(16)14-15-8-2-1-3-9-15;/h1-9H;1H. The highest BCUT2D eigenvalue weighted by atomic mass is 35.5. The Labute approximate surface area is 104 Å². The Kier molecular flexibility index (Phi) is 4.60. The number of amides is 1. The van der Waals surface area contributed by atoms with Gasteiger partial charge in [0.15, 0.2) is 12.4 Å². The Morgan fingerprint density at radius 1 is 1.06 bits per heavy atom. The Balaban J connectivity index is 0.00000144. The van der Waals surface area contributed by atoms with Gasteiger partial charge in [-0.15, -0.1) is 5.43 Å². The van der Waals surface area contributed by atoms with Crippen molar-refractivity contribution >= 4 is 5.91 Å². The zero-order valence-corrected chi connectivity index (χ0v) is 9.56. The van der Waals surface area contributed by atoms with Crippen LogP contribution in [0.25, 0.3) is 0 Å². The molecular weight excluding hydrogens is 243 g/mol. The molecule has 0 fully saturated rings. The van der Waals surface area contributed by atoms with Crippen molar-refractivity contribution in [3.8, 4) is 0 Å². The molecule has 1 aromatic heterocycles. The lowest BCUT2D eigenvalue weighted by atomic mass is 10.2. The van der Waals surface area contributed by atoms with Gasteiger partial charge in [0.05, 0.1) is 0 Å². The van der Waals surface area contributed by atoms with Crippen LogP contribution in [0.2, 0.25) is 0 Å². The zero-order chi connectivity index (χ0) is 11.4. The normalized spacial score (nSPS) is 9.24. The van der Waals surface area contributed by atoms with E-state index in [1.165, 1.54) is 28.9 Å². The molecule has 0 atom stereocenters. The summed E-state index contributed by atoms with van der Waals surface area (Å²) in [6.45, 7) is 0. The number of hydrogen-bond donors (Lipinski definition) is 1. The average molecular weight is 253 g/mol. The van der Waals surface area contributed by atoms with E-state index in [2.05, 4.69) is 5.43 Å². The van der Waals surface area contributed by atoms with E-state index in [1.807, 2.05) is 6.07 Å². The fourth-order valence-electron chi connectivity index (χ4n) is 1.26. The number of aromatic nitrogens is 1. The van der Waals surface area contributed by atoms with Gasteiger partial charge >= 0.3 is 5.91 Å². The number of hydrogen-bond acceptors (Lipinski definition) is 1. The summed E-state index contributed by atoms with van der Waals surface area (Å²) < 4.78 is 14.2. The smallest absolute Gasteiger partial charge is 0.305 e. The summed E-state index contributed by atoms with van der Waals surface area (Å²) in [5.41, 5.74) is 3.05.